The van der Waals surface area contributed by atoms with E-state index in [2.05, 4.69) is 0 Å². The third-order valence-electron chi connectivity index (χ3n) is 2.84. The number of halogens is 3. The Morgan fingerprint density at radius 2 is 1.94 bits per heavy atom. The molecule has 0 aliphatic rings. The van der Waals surface area contributed by atoms with E-state index < -0.39 is 10.7 Å². The van der Waals surface area contributed by atoms with Gasteiger partial charge in [0.25, 0.3) is 5.69 Å². The van der Waals surface area contributed by atoms with Crippen LogP contribution in [0.3, 0.4) is 0 Å². The van der Waals surface area contributed by atoms with E-state index in [9.17, 15) is 14.5 Å². The molecule has 0 spiro atoms. The molecule has 0 heterocycles. The molecule has 1 rings (SSSR count). The van der Waals surface area contributed by atoms with Crippen LogP contribution in [0.25, 0.3) is 0 Å². The summed E-state index contributed by atoms with van der Waals surface area (Å²) in [6.45, 7) is 5.61. The van der Waals surface area contributed by atoms with Crippen LogP contribution < -0.4 is 0 Å². The quantitative estimate of drug-likeness (QED) is 0.326. The van der Waals surface area contributed by atoms with Crippen molar-refractivity contribution in [2.45, 2.75) is 32.1 Å². The first-order valence-corrected chi connectivity index (χ1v) is 7.04. The number of benzene rings is 1. The predicted octanol–water partition coefficient (Wildman–Crippen LogP) is 4.71. The number of alkyl halides is 1. The van der Waals surface area contributed by atoms with E-state index in [0.29, 0.717) is 5.56 Å². The highest BCUT2D eigenvalue weighted by atomic mass is 127. The van der Waals surface area contributed by atoms with Crippen molar-refractivity contribution in [1.82, 2.24) is 0 Å². The average Bonchev–Trinajstić information content (AvgIpc) is 2.21. The molecule has 2 unspecified atom stereocenters. The summed E-state index contributed by atoms with van der Waals surface area (Å²) in [7, 11) is 0. The van der Waals surface area contributed by atoms with Crippen LogP contribution >= 0.6 is 34.2 Å². The third-order valence-corrected chi connectivity index (χ3v) is 3.94. The highest BCUT2D eigenvalue weighted by molar-refractivity contribution is 14.1. The summed E-state index contributed by atoms with van der Waals surface area (Å²) in [5, 5.41) is 10.8. The number of rotatable bonds is 4. The second-order valence-corrected chi connectivity index (χ2v) is 6.38. The van der Waals surface area contributed by atoms with Gasteiger partial charge in [0, 0.05) is 22.9 Å². The molecule has 0 aromatic heterocycles. The zero-order chi connectivity index (χ0) is 14.0. The summed E-state index contributed by atoms with van der Waals surface area (Å²) in [4.78, 5) is 10.6. The van der Waals surface area contributed by atoms with Crippen LogP contribution in [0.5, 0.6) is 0 Å². The molecule has 0 bridgehead atoms. The van der Waals surface area contributed by atoms with Gasteiger partial charge in [-0.25, -0.2) is 4.39 Å². The Morgan fingerprint density at radius 1 is 1.39 bits per heavy atom. The number of hydrogen-bond acceptors (Lipinski definition) is 2. The maximum Gasteiger partial charge on any atom is 0.274 e. The van der Waals surface area contributed by atoms with Crippen LogP contribution in [-0.4, -0.2) is 10.3 Å². The fraction of sp³-hybridized carbons (Fsp3) is 0.500. The summed E-state index contributed by atoms with van der Waals surface area (Å²) in [5.74, 6) is -0.603. The molecule has 1 aromatic carbocycles. The largest absolute Gasteiger partial charge is 0.274 e. The standard InChI is InChI=1S/C12H14ClFINO2/c1-6(2)12(7(3)13)8-4-9(14)10(15)5-11(8)16(17)18/h4-7,12H,1-3H3. The maximum absolute atomic E-state index is 13.6. The van der Waals surface area contributed by atoms with Crippen LogP contribution in [0.15, 0.2) is 12.1 Å². The lowest BCUT2D eigenvalue weighted by molar-refractivity contribution is -0.385. The molecular formula is C12H14ClFINO2. The van der Waals surface area contributed by atoms with Crippen LogP contribution in [0.4, 0.5) is 10.1 Å². The molecule has 0 amide bonds. The Kier molecular flexibility index (Phi) is 5.33. The lowest BCUT2D eigenvalue weighted by Crippen LogP contribution is -2.18. The molecule has 100 valence electrons. The molecular weight excluding hydrogens is 371 g/mol. The minimum atomic E-state index is -0.481. The molecule has 0 aliphatic carbocycles. The Balaban J connectivity index is 3.45. The molecule has 0 fully saturated rings. The van der Waals surface area contributed by atoms with Gasteiger partial charge in [0.15, 0.2) is 0 Å². The molecule has 2 atom stereocenters. The van der Waals surface area contributed by atoms with Crippen LogP contribution in [0.1, 0.15) is 32.3 Å². The molecule has 0 N–H and O–H groups in total. The second kappa shape index (κ2) is 6.14. The van der Waals surface area contributed by atoms with Crippen molar-refractivity contribution in [3.63, 3.8) is 0 Å². The van der Waals surface area contributed by atoms with E-state index >= 15 is 0 Å². The van der Waals surface area contributed by atoms with Gasteiger partial charge in [0.2, 0.25) is 0 Å². The molecule has 0 radical (unpaired) electrons. The van der Waals surface area contributed by atoms with Gasteiger partial charge in [-0.05, 0) is 41.5 Å². The highest BCUT2D eigenvalue weighted by Crippen LogP contribution is 2.38. The first-order chi connectivity index (χ1) is 8.25. The molecule has 0 saturated carbocycles. The number of hydrogen-bond donors (Lipinski definition) is 0. The lowest BCUT2D eigenvalue weighted by Gasteiger charge is -2.23. The second-order valence-electron chi connectivity index (χ2n) is 4.53. The molecule has 6 heteroatoms. The smallest absolute Gasteiger partial charge is 0.258 e. The van der Waals surface area contributed by atoms with Gasteiger partial charge in [-0.1, -0.05) is 13.8 Å². The topological polar surface area (TPSA) is 43.1 Å². The predicted molar refractivity (Wildman–Crippen MR) is 78.7 cm³/mol. The maximum atomic E-state index is 13.6. The van der Waals surface area contributed by atoms with Crippen molar-refractivity contribution in [3.8, 4) is 0 Å². The molecule has 0 aliphatic heterocycles. The number of nitrogens with zero attached hydrogens (tertiary/aromatic N) is 1. The molecule has 0 saturated heterocycles. The first kappa shape index (κ1) is 15.6. The fourth-order valence-corrected chi connectivity index (χ4v) is 2.99. The average molecular weight is 386 g/mol. The molecule has 18 heavy (non-hydrogen) atoms. The fourth-order valence-electron chi connectivity index (χ4n) is 2.11. The van der Waals surface area contributed by atoms with Gasteiger partial charge >= 0.3 is 0 Å². The van der Waals surface area contributed by atoms with E-state index in [1.54, 1.807) is 29.5 Å². The Hall–Kier alpha value is -0.430. The van der Waals surface area contributed by atoms with Crippen LogP contribution in [0.2, 0.25) is 0 Å². The highest BCUT2D eigenvalue weighted by Gasteiger charge is 2.29. The Morgan fingerprint density at radius 3 is 2.33 bits per heavy atom. The van der Waals surface area contributed by atoms with E-state index in [4.69, 9.17) is 11.6 Å². The van der Waals surface area contributed by atoms with Gasteiger partial charge in [-0.15, -0.1) is 11.6 Å². The summed E-state index contributed by atoms with van der Waals surface area (Å²) in [5.41, 5.74) is 0.308. The van der Waals surface area contributed by atoms with Crippen molar-refractivity contribution >= 4 is 39.9 Å². The Labute approximate surface area is 124 Å². The van der Waals surface area contributed by atoms with E-state index in [1.807, 2.05) is 13.8 Å². The molecule has 3 nitrogen and oxygen atoms in total. The summed E-state index contributed by atoms with van der Waals surface area (Å²) < 4.78 is 13.9. The van der Waals surface area contributed by atoms with Crippen molar-refractivity contribution in [3.05, 3.63) is 37.2 Å². The van der Waals surface area contributed by atoms with Gasteiger partial charge in [-0.3, -0.25) is 10.1 Å². The summed E-state index contributed by atoms with van der Waals surface area (Å²) in [6, 6.07) is 2.50. The van der Waals surface area contributed by atoms with Crippen molar-refractivity contribution in [2.24, 2.45) is 5.92 Å². The monoisotopic (exact) mass is 385 g/mol. The van der Waals surface area contributed by atoms with Crippen molar-refractivity contribution in [2.75, 3.05) is 0 Å². The van der Waals surface area contributed by atoms with Gasteiger partial charge in [0.1, 0.15) is 5.82 Å². The summed E-state index contributed by atoms with van der Waals surface area (Å²) in [6.07, 6.45) is 0. The first-order valence-electron chi connectivity index (χ1n) is 5.53. The Bertz CT molecular complexity index is 458. The van der Waals surface area contributed by atoms with Gasteiger partial charge in [-0.2, -0.15) is 0 Å². The van der Waals surface area contributed by atoms with Crippen molar-refractivity contribution < 1.29 is 9.31 Å². The van der Waals surface area contributed by atoms with E-state index in [-0.39, 0.29) is 26.5 Å². The number of nitro groups is 1. The SMILES string of the molecule is CC(C)C(c1cc(F)c(I)cc1[N+](=O)[O-])C(C)Cl. The lowest BCUT2D eigenvalue weighted by atomic mass is 9.85. The van der Waals surface area contributed by atoms with E-state index in [1.165, 1.54) is 12.1 Å². The molecule has 1 aromatic rings. The zero-order valence-electron chi connectivity index (χ0n) is 10.3. The van der Waals surface area contributed by atoms with Crippen molar-refractivity contribution in [1.29, 1.82) is 0 Å². The minimum Gasteiger partial charge on any atom is -0.258 e. The van der Waals surface area contributed by atoms with Gasteiger partial charge in [0.05, 0.1) is 8.49 Å². The normalized spacial score (nSPS) is 14.6. The van der Waals surface area contributed by atoms with E-state index in [0.717, 1.165) is 0 Å². The van der Waals surface area contributed by atoms with Crippen LogP contribution in [0, 0.1) is 25.4 Å². The summed E-state index contributed by atoms with van der Waals surface area (Å²) >= 11 is 7.84. The zero-order valence-corrected chi connectivity index (χ0v) is 13.2. The number of nitro benzene ring substituents is 1. The minimum absolute atomic E-state index is 0.0630. The van der Waals surface area contributed by atoms with Crippen LogP contribution in [-0.2, 0) is 0 Å². The van der Waals surface area contributed by atoms with Gasteiger partial charge < -0.3 is 0 Å². The third kappa shape index (κ3) is 3.32.